The van der Waals surface area contributed by atoms with Crippen molar-refractivity contribution in [1.29, 1.82) is 0 Å². The zero-order valence-electron chi connectivity index (χ0n) is 19.1. The number of esters is 1. The van der Waals surface area contributed by atoms with Crippen molar-refractivity contribution in [2.45, 2.75) is 33.2 Å². The number of aryl methyl sites for hydroxylation is 1. The molecule has 0 aliphatic carbocycles. The third-order valence-corrected chi connectivity index (χ3v) is 5.31. The number of aromatic nitrogens is 1. The number of rotatable bonds is 10. The molecule has 5 heteroatoms. The summed E-state index contributed by atoms with van der Waals surface area (Å²) >= 11 is 0. The molecule has 0 spiro atoms. The summed E-state index contributed by atoms with van der Waals surface area (Å²) in [6, 6.07) is 29.1. The molecule has 4 rings (SSSR count). The van der Waals surface area contributed by atoms with Crippen LogP contribution in [0, 0.1) is 0 Å². The molecule has 0 aliphatic rings. The Hall–Kier alpha value is -4.12. The van der Waals surface area contributed by atoms with E-state index < -0.39 is 5.97 Å². The molecule has 0 bridgehead atoms. The van der Waals surface area contributed by atoms with Gasteiger partial charge in [0.2, 0.25) is 5.88 Å². The van der Waals surface area contributed by atoms with E-state index in [-0.39, 0.29) is 24.7 Å². The van der Waals surface area contributed by atoms with Crippen molar-refractivity contribution in [3.8, 4) is 11.6 Å². The maximum atomic E-state index is 13.3. The van der Waals surface area contributed by atoms with Crippen molar-refractivity contribution in [3.05, 3.63) is 125 Å². The topological polar surface area (TPSA) is 57.7 Å². The van der Waals surface area contributed by atoms with E-state index in [2.05, 4.69) is 4.98 Å². The van der Waals surface area contributed by atoms with Gasteiger partial charge in [-0.3, -0.25) is 0 Å². The van der Waals surface area contributed by atoms with E-state index in [1.54, 1.807) is 6.20 Å². The van der Waals surface area contributed by atoms with Crippen LogP contribution in [0.1, 0.15) is 39.5 Å². The van der Waals surface area contributed by atoms with Crippen molar-refractivity contribution in [1.82, 2.24) is 4.98 Å². The minimum Gasteiger partial charge on any atom is -0.487 e. The van der Waals surface area contributed by atoms with Gasteiger partial charge in [-0.15, -0.1) is 0 Å². The average Bonchev–Trinajstić information content (AvgIpc) is 2.90. The summed E-state index contributed by atoms with van der Waals surface area (Å²) in [6.07, 6.45) is 2.35. The smallest absolute Gasteiger partial charge is 0.347 e. The minimum absolute atomic E-state index is 0.145. The van der Waals surface area contributed by atoms with E-state index in [1.807, 2.05) is 97.9 Å². The highest BCUT2D eigenvalue weighted by Gasteiger charge is 2.25. The largest absolute Gasteiger partial charge is 0.487 e. The van der Waals surface area contributed by atoms with Crippen LogP contribution < -0.4 is 9.47 Å². The second-order valence-corrected chi connectivity index (χ2v) is 7.76. The van der Waals surface area contributed by atoms with E-state index in [0.717, 1.165) is 22.3 Å². The lowest BCUT2D eigenvalue weighted by atomic mass is 10.1. The molecule has 0 saturated heterocycles. The average molecular weight is 454 g/mol. The summed E-state index contributed by atoms with van der Waals surface area (Å²) in [6.45, 7) is 2.73. The van der Waals surface area contributed by atoms with Crippen LogP contribution in [0.3, 0.4) is 0 Å². The fraction of sp³-hybridized carbons (Fsp3) is 0.172. The number of benzene rings is 3. The number of nitrogens with zero attached hydrogens (tertiary/aromatic N) is 1. The number of pyridine rings is 1. The minimum atomic E-state index is -0.530. The predicted molar refractivity (Wildman–Crippen MR) is 131 cm³/mol. The zero-order valence-corrected chi connectivity index (χ0v) is 19.1. The van der Waals surface area contributed by atoms with Crippen molar-refractivity contribution in [3.63, 3.8) is 0 Å². The van der Waals surface area contributed by atoms with Crippen LogP contribution in [0.15, 0.2) is 97.2 Å². The molecule has 0 fully saturated rings. The van der Waals surface area contributed by atoms with Crippen molar-refractivity contribution in [2.75, 3.05) is 0 Å². The number of carbonyl (C=O) groups is 1. The summed E-state index contributed by atoms with van der Waals surface area (Å²) < 4.78 is 17.8. The Balaban J connectivity index is 1.64. The predicted octanol–water partition coefficient (Wildman–Crippen LogP) is 6.16. The van der Waals surface area contributed by atoms with E-state index in [4.69, 9.17) is 14.2 Å². The molecule has 172 valence electrons. The monoisotopic (exact) mass is 453 g/mol. The highest BCUT2D eigenvalue weighted by atomic mass is 16.5. The molecule has 0 saturated carbocycles. The maximum Gasteiger partial charge on any atom is 0.347 e. The van der Waals surface area contributed by atoms with E-state index >= 15 is 0 Å². The third kappa shape index (κ3) is 6.01. The van der Waals surface area contributed by atoms with Crippen LogP contribution in [-0.4, -0.2) is 11.0 Å². The van der Waals surface area contributed by atoms with E-state index in [0.29, 0.717) is 18.8 Å². The molecule has 0 aliphatic heterocycles. The lowest BCUT2D eigenvalue weighted by Crippen LogP contribution is -2.14. The fourth-order valence-electron chi connectivity index (χ4n) is 3.47. The van der Waals surface area contributed by atoms with Gasteiger partial charge in [0, 0.05) is 11.8 Å². The Morgan fingerprint density at radius 3 is 1.74 bits per heavy atom. The molecule has 3 aromatic carbocycles. The van der Waals surface area contributed by atoms with Crippen LogP contribution in [0.25, 0.3) is 0 Å². The Bertz CT molecular complexity index is 1200. The Morgan fingerprint density at radius 2 is 1.21 bits per heavy atom. The first-order chi connectivity index (χ1) is 16.7. The highest BCUT2D eigenvalue weighted by molar-refractivity contribution is 5.95. The van der Waals surface area contributed by atoms with Crippen LogP contribution >= 0.6 is 0 Å². The van der Waals surface area contributed by atoms with Gasteiger partial charge in [-0.2, -0.15) is 0 Å². The van der Waals surface area contributed by atoms with Gasteiger partial charge >= 0.3 is 5.97 Å². The number of hydrogen-bond acceptors (Lipinski definition) is 5. The summed E-state index contributed by atoms with van der Waals surface area (Å²) in [5.41, 5.74) is 3.89. The molecule has 34 heavy (non-hydrogen) atoms. The van der Waals surface area contributed by atoms with Crippen LogP contribution in [0.2, 0.25) is 0 Å². The van der Waals surface area contributed by atoms with Crippen molar-refractivity contribution >= 4 is 5.97 Å². The Morgan fingerprint density at radius 1 is 0.706 bits per heavy atom. The molecule has 1 heterocycles. The quantitative estimate of drug-likeness (QED) is 0.269. The number of carbonyl (C=O) groups excluding carboxylic acids is 1. The normalized spacial score (nSPS) is 10.5. The lowest BCUT2D eigenvalue weighted by molar-refractivity contribution is 0.0460. The maximum absolute atomic E-state index is 13.3. The molecule has 0 atom stereocenters. The van der Waals surface area contributed by atoms with Crippen LogP contribution in [-0.2, 0) is 31.0 Å². The van der Waals surface area contributed by atoms with Gasteiger partial charge in [-0.25, -0.2) is 9.78 Å². The van der Waals surface area contributed by atoms with E-state index in [9.17, 15) is 4.79 Å². The van der Waals surface area contributed by atoms with Gasteiger partial charge in [0.1, 0.15) is 25.6 Å². The fourth-order valence-corrected chi connectivity index (χ4v) is 3.47. The molecule has 0 radical (unpaired) electrons. The summed E-state index contributed by atoms with van der Waals surface area (Å²) in [7, 11) is 0. The molecule has 5 nitrogen and oxygen atoms in total. The second-order valence-electron chi connectivity index (χ2n) is 7.76. The summed E-state index contributed by atoms with van der Waals surface area (Å²) in [5.74, 6) is 0.113. The Labute approximate surface area is 200 Å². The second kappa shape index (κ2) is 11.7. The van der Waals surface area contributed by atoms with Gasteiger partial charge in [-0.1, -0.05) is 97.9 Å². The van der Waals surface area contributed by atoms with Gasteiger partial charge in [-0.05, 0) is 23.1 Å². The lowest BCUT2D eigenvalue weighted by Gasteiger charge is -2.18. The molecule has 0 amide bonds. The number of hydrogen-bond donors (Lipinski definition) is 0. The first-order valence-corrected chi connectivity index (χ1v) is 11.3. The summed E-state index contributed by atoms with van der Waals surface area (Å²) in [4.78, 5) is 17.8. The molecular weight excluding hydrogens is 426 g/mol. The van der Waals surface area contributed by atoms with Gasteiger partial charge in [0.05, 0.1) is 0 Å². The first kappa shape index (κ1) is 23.1. The van der Waals surface area contributed by atoms with Gasteiger partial charge in [0.25, 0.3) is 0 Å². The van der Waals surface area contributed by atoms with E-state index in [1.165, 1.54) is 0 Å². The SMILES string of the molecule is CCc1cnc(OCc2ccccc2)c(C(=O)OCc2ccccc2)c1OCc1ccccc1. The van der Waals surface area contributed by atoms with Crippen LogP contribution in [0.5, 0.6) is 11.6 Å². The first-order valence-electron chi connectivity index (χ1n) is 11.3. The van der Waals surface area contributed by atoms with Crippen LogP contribution in [0.4, 0.5) is 0 Å². The zero-order chi connectivity index (χ0) is 23.6. The highest BCUT2D eigenvalue weighted by Crippen LogP contribution is 2.33. The third-order valence-electron chi connectivity index (χ3n) is 5.31. The van der Waals surface area contributed by atoms with Gasteiger partial charge < -0.3 is 14.2 Å². The molecule has 4 aromatic rings. The molecule has 0 unspecified atom stereocenters. The molecule has 0 N–H and O–H groups in total. The van der Waals surface area contributed by atoms with Gasteiger partial charge in [0.15, 0.2) is 5.56 Å². The molecule has 1 aromatic heterocycles. The Kier molecular flexibility index (Phi) is 7.90. The van der Waals surface area contributed by atoms with Crippen molar-refractivity contribution < 1.29 is 19.0 Å². The standard InChI is InChI=1S/C29H27NO4/c1-2-25-18-30-28(33-20-23-14-8-4-9-15-23)26(27(25)32-19-22-12-6-3-7-13-22)29(31)34-21-24-16-10-5-11-17-24/h3-18H,2,19-21H2,1H3. The number of ether oxygens (including phenoxy) is 3. The summed E-state index contributed by atoms with van der Waals surface area (Å²) in [5, 5.41) is 0. The molecular formula is C29H27NO4. The van der Waals surface area contributed by atoms with Crippen molar-refractivity contribution in [2.24, 2.45) is 0 Å².